The zero-order chi connectivity index (χ0) is 11.7. The van der Waals surface area contributed by atoms with Gasteiger partial charge in [0.2, 0.25) is 0 Å². The summed E-state index contributed by atoms with van der Waals surface area (Å²) in [4.78, 5) is 11.1. The van der Waals surface area contributed by atoms with Gasteiger partial charge in [0.25, 0.3) is 0 Å². The third kappa shape index (κ3) is 1.92. The lowest BCUT2D eigenvalue weighted by atomic mass is 10.2. The van der Waals surface area contributed by atoms with E-state index in [0.717, 1.165) is 23.7 Å². The molecule has 0 saturated carbocycles. The van der Waals surface area contributed by atoms with Gasteiger partial charge in [-0.25, -0.2) is 13.6 Å². The molecule has 2 aromatic rings. The first-order valence-electron chi connectivity index (χ1n) is 4.23. The van der Waals surface area contributed by atoms with Crippen LogP contribution in [-0.2, 0) is 0 Å². The Morgan fingerprint density at radius 1 is 1.25 bits per heavy atom. The monoisotopic (exact) mass is 241 g/mol. The summed E-state index contributed by atoms with van der Waals surface area (Å²) in [7, 11) is 0. The number of aromatic carboxylic acids is 1. The van der Waals surface area contributed by atoms with Crippen molar-refractivity contribution in [2.24, 2.45) is 0 Å². The Labute approximate surface area is 93.1 Å². The quantitative estimate of drug-likeness (QED) is 0.879. The summed E-state index contributed by atoms with van der Waals surface area (Å²) >= 11 is 0.926. The van der Waals surface area contributed by atoms with Gasteiger partial charge in [-0.15, -0.1) is 0 Å². The standard InChI is InChI=1S/C10H5F2NO2S/c11-6-2-1-5(3-7(6)12)9-4-8(10(14)15)13-16-9/h1-4H,(H,14,15). The summed E-state index contributed by atoms with van der Waals surface area (Å²) in [6.45, 7) is 0. The molecule has 1 aromatic heterocycles. The number of carbonyl (C=O) groups is 1. The average molecular weight is 241 g/mol. The topological polar surface area (TPSA) is 50.2 Å². The highest BCUT2D eigenvalue weighted by Gasteiger charge is 2.11. The molecule has 1 heterocycles. The summed E-state index contributed by atoms with van der Waals surface area (Å²) in [5, 5.41) is 8.65. The molecule has 2 rings (SSSR count). The molecule has 0 bridgehead atoms. The molecule has 3 nitrogen and oxygen atoms in total. The van der Waals surface area contributed by atoms with E-state index in [-0.39, 0.29) is 5.69 Å². The smallest absolute Gasteiger partial charge is 0.355 e. The molecule has 0 spiro atoms. The minimum Gasteiger partial charge on any atom is -0.476 e. The number of aromatic nitrogens is 1. The highest BCUT2D eigenvalue weighted by molar-refractivity contribution is 7.09. The molecule has 0 unspecified atom stereocenters. The predicted molar refractivity (Wildman–Crippen MR) is 54.4 cm³/mol. The van der Waals surface area contributed by atoms with Crippen molar-refractivity contribution in [1.29, 1.82) is 0 Å². The number of rotatable bonds is 2. The Balaban J connectivity index is 2.42. The van der Waals surface area contributed by atoms with Crippen LogP contribution < -0.4 is 0 Å². The first-order valence-corrected chi connectivity index (χ1v) is 5.00. The zero-order valence-electron chi connectivity index (χ0n) is 7.78. The van der Waals surface area contributed by atoms with E-state index in [9.17, 15) is 13.6 Å². The van der Waals surface area contributed by atoms with Crippen molar-refractivity contribution in [3.63, 3.8) is 0 Å². The molecule has 0 saturated heterocycles. The van der Waals surface area contributed by atoms with E-state index in [2.05, 4.69) is 4.37 Å². The number of carboxylic acid groups (broad SMARTS) is 1. The fourth-order valence-electron chi connectivity index (χ4n) is 1.16. The second-order valence-corrected chi connectivity index (χ2v) is 3.82. The summed E-state index contributed by atoms with van der Waals surface area (Å²) in [6, 6.07) is 4.69. The number of hydrogen-bond acceptors (Lipinski definition) is 3. The van der Waals surface area contributed by atoms with E-state index in [1.165, 1.54) is 12.1 Å². The van der Waals surface area contributed by atoms with Crippen LogP contribution in [0.15, 0.2) is 24.3 Å². The van der Waals surface area contributed by atoms with Gasteiger partial charge in [0.1, 0.15) is 0 Å². The number of nitrogens with zero attached hydrogens (tertiary/aromatic N) is 1. The number of halogens is 2. The van der Waals surface area contributed by atoms with Gasteiger partial charge < -0.3 is 5.11 Å². The Hall–Kier alpha value is -1.82. The van der Waals surface area contributed by atoms with Crippen LogP contribution in [0, 0.1) is 11.6 Å². The molecule has 82 valence electrons. The van der Waals surface area contributed by atoms with Crippen LogP contribution >= 0.6 is 11.5 Å². The molecule has 0 amide bonds. The van der Waals surface area contributed by atoms with Crippen molar-refractivity contribution in [1.82, 2.24) is 4.37 Å². The van der Waals surface area contributed by atoms with E-state index in [4.69, 9.17) is 5.11 Å². The number of benzene rings is 1. The Kier molecular flexibility index (Phi) is 2.66. The van der Waals surface area contributed by atoms with E-state index in [0.29, 0.717) is 10.4 Å². The Morgan fingerprint density at radius 2 is 2.00 bits per heavy atom. The number of carboxylic acids is 1. The lowest BCUT2D eigenvalue weighted by Crippen LogP contribution is -1.94. The van der Waals surface area contributed by atoms with Crippen LogP contribution in [0.4, 0.5) is 8.78 Å². The maximum Gasteiger partial charge on any atom is 0.355 e. The van der Waals surface area contributed by atoms with Crippen LogP contribution in [0.1, 0.15) is 10.5 Å². The average Bonchev–Trinajstić information content (AvgIpc) is 2.71. The van der Waals surface area contributed by atoms with Crippen molar-refractivity contribution in [2.75, 3.05) is 0 Å². The molecule has 0 fully saturated rings. The molecule has 0 radical (unpaired) electrons. The third-order valence-electron chi connectivity index (χ3n) is 1.93. The minimum atomic E-state index is -1.15. The van der Waals surface area contributed by atoms with E-state index in [1.54, 1.807) is 0 Å². The molecular weight excluding hydrogens is 236 g/mol. The van der Waals surface area contributed by atoms with Gasteiger partial charge in [0, 0.05) is 0 Å². The maximum absolute atomic E-state index is 12.9. The summed E-state index contributed by atoms with van der Waals surface area (Å²) in [6.07, 6.45) is 0. The first-order chi connectivity index (χ1) is 7.58. The molecular formula is C10H5F2NO2S. The first kappa shape index (κ1) is 10.7. The summed E-state index contributed by atoms with van der Waals surface area (Å²) in [5.74, 6) is -3.06. The number of hydrogen-bond donors (Lipinski definition) is 1. The van der Waals surface area contributed by atoms with Gasteiger partial charge in [-0.3, -0.25) is 0 Å². The maximum atomic E-state index is 12.9. The van der Waals surface area contributed by atoms with Crippen LogP contribution in [0.3, 0.4) is 0 Å². The third-order valence-corrected chi connectivity index (χ3v) is 2.77. The second kappa shape index (κ2) is 3.97. The normalized spacial score (nSPS) is 10.4. The van der Waals surface area contributed by atoms with Crippen molar-refractivity contribution in [3.05, 3.63) is 41.6 Å². The van der Waals surface area contributed by atoms with Crippen LogP contribution in [0.2, 0.25) is 0 Å². The van der Waals surface area contributed by atoms with Crippen LogP contribution in [0.5, 0.6) is 0 Å². The van der Waals surface area contributed by atoms with Gasteiger partial charge in [0.15, 0.2) is 17.3 Å². The van der Waals surface area contributed by atoms with Gasteiger partial charge in [0.05, 0.1) is 4.88 Å². The molecule has 6 heteroatoms. The molecule has 1 N–H and O–H groups in total. The van der Waals surface area contributed by atoms with E-state index in [1.807, 2.05) is 0 Å². The second-order valence-electron chi connectivity index (χ2n) is 3.01. The highest BCUT2D eigenvalue weighted by atomic mass is 32.1. The van der Waals surface area contributed by atoms with Crippen molar-refractivity contribution < 1.29 is 18.7 Å². The SMILES string of the molecule is O=C(O)c1cc(-c2ccc(F)c(F)c2)sn1. The largest absolute Gasteiger partial charge is 0.476 e. The fraction of sp³-hybridized carbons (Fsp3) is 0. The van der Waals surface area contributed by atoms with Gasteiger partial charge >= 0.3 is 5.97 Å². The van der Waals surface area contributed by atoms with Crippen molar-refractivity contribution in [2.45, 2.75) is 0 Å². The van der Waals surface area contributed by atoms with E-state index >= 15 is 0 Å². The molecule has 1 aromatic carbocycles. The van der Waals surface area contributed by atoms with Crippen LogP contribution in [-0.4, -0.2) is 15.4 Å². The Morgan fingerprint density at radius 3 is 2.56 bits per heavy atom. The molecule has 0 aliphatic rings. The summed E-state index contributed by atoms with van der Waals surface area (Å²) < 4.78 is 29.3. The van der Waals surface area contributed by atoms with Crippen molar-refractivity contribution >= 4 is 17.5 Å². The lowest BCUT2D eigenvalue weighted by Gasteiger charge is -1.97. The fourth-order valence-corrected chi connectivity index (χ4v) is 1.89. The van der Waals surface area contributed by atoms with Gasteiger partial charge in [-0.2, -0.15) is 4.37 Å². The zero-order valence-corrected chi connectivity index (χ0v) is 8.59. The Bertz CT molecular complexity index is 554. The van der Waals surface area contributed by atoms with Gasteiger partial charge in [-0.05, 0) is 35.3 Å². The molecule has 0 atom stereocenters. The minimum absolute atomic E-state index is 0.107. The van der Waals surface area contributed by atoms with Gasteiger partial charge in [-0.1, -0.05) is 6.07 Å². The van der Waals surface area contributed by atoms with Crippen LogP contribution in [0.25, 0.3) is 10.4 Å². The lowest BCUT2D eigenvalue weighted by molar-refractivity contribution is 0.0692. The summed E-state index contributed by atoms with van der Waals surface area (Å²) in [5.41, 5.74) is 0.300. The van der Waals surface area contributed by atoms with Crippen molar-refractivity contribution in [3.8, 4) is 10.4 Å². The molecule has 0 aliphatic heterocycles. The highest BCUT2D eigenvalue weighted by Crippen LogP contribution is 2.26. The molecule has 0 aliphatic carbocycles. The molecule has 16 heavy (non-hydrogen) atoms. The predicted octanol–water partition coefficient (Wildman–Crippen LogP) is 2.79. The van der Waals surface area contributed by atoms with E-state index < -0.39 is 17.6 Å².